The van der Waals surface area contributed by atoms with Crippen LogP contribution >= 0.6 is 11.3 Å². The van der Waals surface area contributed by atoms with E-state index in [4.69, 9.17) is 15.2 Å². The number of hydrogen-bond acceptors (Lipinski definition) is 7. The molecule has 3 heterocycles. The predicted octanol–water partition coefficient (Wildman–Crippen LogP) is 4.14. The first-order chi connectivity index (χ1) is 16.5. The van der Waals surface area contributed by atoms with Gasteiger partial charge >= 0.3 is 0 Å². The average molecular weight is 483 g/mol. The summed E-state index contributed by atoms with van der Waals surface area (Å²) in [6, 6.07) is 4.08. The smallest absolute Gasteiger partial charge is 0.234 e. The van der Waals surface area contributed by atoms with E-state index in [1.54, 1.807) is 11.3 Å². The number of nitrogens with two attached hydrogens (primary N) is 1. The summed E-state index contributed by atoms with van der Waals surface area (Å²) in [5.74, 6) is -0.241. The molecule has 0 bridgehead atoms. The number of carbonyl (C=O) groups excluding carboxylic acids is 1. The van der Waals surface area contributed by atoms with E-state index in [-0.39, 0.29) is 17.6 Å². The molecule has 1 aliphatic heterocycles. The number of rotatable bonds is 7. The number of carbonyl (C=O) groups is 1. The molecule has 1 saturated carbocycles. The van der Waals surface area contributed by atoms with Gasteiger partial charge in [-0.2, -0.15) is 5.26 Å². The number of fused-ring (bicyclic) bond motifs is 3. The second kappa shape index (κ2) is 9.80. The maximum absolute atomic E-state index is 11.7. The number of nitrogens with zero attached hydrogens (tertiary/aromatic N) is 3. The highest BCUT2D eigenvalue weighted by Gasteiger charge is 2.40. The van der Waals surface area contributed by atoms with E-state index in [9.17, 15) is 10.1 Å². The molecule has 5 rings (SSSR count). The zero-order valence-electron chi connectivity index (χ0n) is 19.9. The lowest BCUT2D eigenvalue weighted by atomic mass is 9.77. The minimum Gasteiger partial charge on any atom is -0.490 e. The molecule has 0 unspecified atom stereocenters. The van der Waals surface area contributed by atoms with Gasteiger partial charge in [-0.25, -0.2) is 4.98 Å². The van der Waals surface area contributed by atoms with Gasteiger partial charge in [0, 0.05) is 29.7 Å². The van der Waals surface area contributed by atoms with Crippen molar-refractivity contribution in [2.45, 2.75) is 75.9 Å². The van der Waals surface area contributed by atoms with Crippen molar-refractivity contribution in [1.82, 2.24) is 9.88 Å². The largest absolute Gasteiger partial charge is 0.490 e. The number of pyridine rings is 1. The van der Waals surface area contributed by atoms with E-state index in [2.05, 4.69) is 22.9 Å². The number of thiophene rings is 1. The summed E-state index contributed by atoms with van der Waals surface area (Å²) in [5.41, 5.74) is 6.97. The van der Waals surface area contributed by atoms with Crippen LogP contribution in [0.5, 0.6) is 5.75 Å². The van der Waals surface area contributed by atoms with Crippen LogP contribution in [-0.4, -0.2) is 53.7 Å². The topological polar surface area (TPSA) is 101 Å². The summed E-state index contributed by atoms with van der Waals surface area (Å²) in [7, 11) is 0. The van der Waals surface area contributed by atoms with Gasteiger partial charge in [0.1, 0.15) is 16.5 Å². The van der Waals surface area contributed by atoms with E-state index < -0.39 is 11.8 Å². The van der Waals surface area contributed by atoms with Crippen molar-refractivity contribution in [1.29, 1.82) is 5.26 Å². The van der Waals surface area contributed by atoms with Gasteiger partial charge in [0.05, 0.1) is 30.8 Å². The molecule has 7 nitrogen and oxygen atoms in total. The van der Waals surface area contributed by atoms with E-state index in [0.29, 0.717) is 6.42 Å². The van der Waals surface area contributed by atoms with E-state index >= 15 is 0 Å². The summed E-state index contributed by atoms with van der Waals surface area (Å²) in [5, 5.41) is 10.5. The van der Waals surface area contributed by atoms with Crippen molar-refractivity contribution < 1.29 is 14.3 Å². The van der Waals surface area contributed by atoms with Gasteiger partial charge in [0.25, 0.3) is 0 Å². The Labute approximate surface area is 205 Å². The molecule has 2 aliphatic carbocycles. The molecule has 182 valence electrons. The number of aryl methyl sites for hydroxylation is 1. The molecule has 0 spiro atoms. The Kier molecular flexibility index (Phi) is 6.79. The lowest BCUT2D eigenvalue weighted by molar-refractivity contribution is -0.120. The standard InChI is InChI=1S/C26H34N4O3S/c1-2-26(30-11-13-32-14-12-30)8-5-19(6-9-26)33-20-7-10-29-25-23(20)22-17(3-4-21(22)34-25)15-18(16-27)24(28)31/h7,10,17-19H,2-6,8-9,11-15H2,1H3,(H2,28,31)/t17-,18+,19?,26?/m1/s1. The molecule has 3 aliphatic rings. The third kappa shape index (κ3) is 4.30. The Hall–Kier alpha value is -2.21. The molecule has 1 amide bonds. The summed E-state index contributed by atoms with van der Waals surface area (Å²) >= 11 is 1.72. The third-order valence-electron chi connectivity index (χ3n) is 8.31. The molecule has 8 heteroatoms. The van der Waals surface area contributed by atoms with Crippen LogP contribution in [-0.2, 0) is 16.0 Å². The number of morpholine rings is 1. The Morgan fingerprint density at radius 1 is 1.38 bits per heavy atom. The van der Waals surface area contributed by atoms with Crippen molar-refractivity contribution in [2.75, 3.05) is 26.3 Å². The molecule has 2 N–H and O–H groups in total. The van der Waals surface area contributed by atoms with Crippen molar-refractivity contribution in [3.05, 3.63) is 22.7 Å². The molecule has 0 radical (unpaired) electrons. The Bertz CT molecular complexity index is 1080. The van der Waals surface area contributed by atoms with Crippen molar-refractivity contribution in [3.8, 4) is 11.8 Å². The Morgan fingerprint density at radius 3 is 2.82 bits per heavy atom. The second-order valence-electron chi connectivity index (χ2n) is 9.98. The fourth-order valence-corrected chi connectivity index (χ4v) is 7.60. The number of aromatic nitrogens is 1. The molecule has 2 atom stereocenters. The highest BCUT2D eigenvalue weighted by molar-refractivity contribution is 7.19. The first-order valence-electron chi connectivity index (χ1n) is 12.6. The quantitative estimate of drug-likeness (QED) is 0.636. The molecule has 1 saturated heterocycles. The van der Waals surface area contributed by atoms with Crippen LogP contribution < -0.4 is 10.5 Å². The number of ether oxygens (including phenoxy) is 2. The van der Waals surface area contributed by atoms with Gasteiger partial charge in [0.15, 0.2) is 0 Å². The predicted molar refractivity (Wildman–Crippen MR) is 132 cm³/mol. The van der Waals surface area contributed by atoms with Gasteiger partial charge in [-0.3, -0.25) is 9.69 Å². The number of primary amides is 1. The van der Waals surface area contributed by atoms with Crippen molar-refractivity contribution in [2.24, 2.45) is 11.7 Å². The first-order valence-corrected chi connectivity index (χ1v) is 13.4. The average Bonchev–Trinajstić information content (AvgIpc) is 3.43. The van der Waals surface area contributed by atoms with Gasteiger partial charge in [-0.15, -0.1) is 11.3 Å². The molecule has 2 aromatic heterocycles. The first kappa shape index (κ1) is 23.5. The Balaban J connectivity index is 1.34. The fourth-order valence-electron chi connectivity index (χ4n) is 6.34. The minimum absolute atomic E-state index is 0.146. The maximum Gasteiger partial charge on any atom is 0.234 e. The molecular weight excluding hydrogens is 448 g/mol. The lowest BCUT2D eigenvalue weighted by Crippen LogP contribution is -2.55. The summed E-state index contributed by atoms with van der Waals surface area (Å²) in [4.78, 5) is 21.3. The molecule has 0 aromatic carbocycles. The third-order valence-corrected chi connectivity index (χ3v) is 9.49. The number of amides is 1. The van der Waals surface area contributed by atoms with Crippen LogP contribution in [0.2, 0.25) is 0 Å². The SMILES string of the molecule is CCC1(N2CCOCC2)CCC(Oc2ccnc3sc4c(c23)[C@@H](C[C@@H](C#N)C(N)=O)CC4)CC1. The van der Waals surface area contributed by atoms with Gasteiger partial charge in [0.2, 0.25) is 5.91 Å². The van der Waals surface area contributed by atoms with Crippen LogP contribution in [0.3, 0.4) is 0 Å². The molecular formula is C26H34N4O3S. The molecule has 2 aromatic rings. The zero-order chi connectivity index (χ0) is 23.7. The minimum atomic E-state index is -0.757. The van der Waals surface area contributed by atoms with E-state index in [1.165, 1.54) is 16.9 Å². The number of nitriles is 1. The second-order valence-corrected chi connectivity index (χ2v) is 11.1. The fraction of sp³-hybridized carbons (Fsp3) is 0.654. The zero-order valence-corrected chi connectivity index (χ0v) is 20.7. The van der Waals surface area contributed by atoms with Gasteiger partial charge < -0.3 is 15.2 Å². The van der Waals surface area contributed by atoms with Crippen LogP contribution in [0.25, 0.3) is 10.2 Å². The summed E-state index contributed by atoms with van der Waals surface area (Å²) in [6.45, 7) is 6.05. The Morgan fingerprint density at radius 2 is 2.15 bits per heavy atom. The molecule has 34 heavy (non-hydrogen) atoms. The summed E-state index contributed by atoms with van der Waals surface area (Å²) < 4.78 is 12.3. The van der Waals surface area contributed by atoms with Crippen molar-refractivity contribution >= 4 is 27.5 Å². The lowest BCUT2D eigenvalue weighted by Gasteiger charge is -2.49. The van der Waals surface area contributed by atoms with Crippen LogP contribution in [0, 0.1) is 17.2 Å². The number of hydrogen-bond donors (Lipinski definition) is 1. The summed E-state index contributed by atoms with van der Waals surface area (Å²) in [6.07, 6.45) is 9.96. The van der Waals surface area contributed by atoms with Crippen LogP contribution in [0.4, 0.5) is 0 Å². The van der Waals surface area contributed by atoms with Gasteiger partial charge in [-0.05, 0) is 68.9 Å². The highest BCUT2D eigenvalue weighted by atomic mass is 32.1. The normalized spacial score (nSPS) is 28.4. The molecule has 2 fully saturated rings. The van der Waals surface area contributed by atoms with Crippen LogP contribution in [0.15, 0.2) is 12.3 Å². The maximum atomic E-state index is 11.7. The van der Waals surface area contributed by atoms with E-state index in [1.807, 2.05) is 12.3 Å². The van der Waals surface area contributed by atoms with Gasteiger partial charge in [-0.1, -0.05) is 6.92 Å². The van der Waals surface area contributed by atoms with E-state index in [0.717, 1.165) is 80.8 Å². The monoisotopic (exact) mass is 482 g/mol. The van der Waals surface area contributed by atoms with Crippen LogP contribution in [0.1, 0.15) is 68.2 Å². The highest BCUT2D eigenvalue weighted by Crippen LogP contribution is 2.49. The van der Waals surface area contributed by atoms with Crippen molar-refractivity contribution in [3.63, 3.8) is 0 Å².